The molecule has 0 aliphatic heterocycles. The minimum atomic E-state index is -3.93. The number of hydrogen-bond donors (Lipinski definition) is 1. The number of nitrogen functional groups attached to an aromatic ring is 1. The van der Waals surface area contributed by atoms with Crippen molar-refractivity contribution in [3.8, 4) is 5.75 Å². The summed E-state index contributed by atoms with van der Waals surface area (Å²) in [6.07, 6.45) is 0.325. The second-order valence-electron chi connectivity index (χ2n) is 4.88. The highest BCUT2D eigenvalue weighted by molar-refractivity contribution is 7.87. The van der Waals surface area contributed by atoms with Crippen LogP contribution in [0.2, 0.25) is 0 Å². The molecule has 0 aromatic heterocycles. The normalized spacial score (nSPS) is 11.2. The average molecular weight is 319 g/mol. The molecule has 2 aromatic carbocycles. The van der Waals surface area contributed by atoms with Gasteiger partial charge in [-0.1, -0.05) is 24.6 Å². The Morgan fingerprint density at radius 2 is 1.77 bits per heavy atom. The summed E-state index contributed by atoms with van der Waals surface area (Å²) in [7, 11) is -3.93. The Labute approximate surface area is 129 Å². The van der Waals surface area contributed by atoms with Crippen molar-refractivity contribution in [2.24, 2.45) is 0 Å². The van der Waals surface area contributed by atoms with Crippen LogP contribution in [0.15, 0.2) is 47.4 Å². The lowest BCUT2D eigenvalue weighted by Crippen LogP contribution is -2.10. The predicted octanol–water partition coefficient (Wildman–Crippen LogP) is 2.94. The van der Waals surface area contributed by atoms with E-state index in [0.29, 0.717) is 12.0 Å². The first kappa shape index (κ1) is 16.0. The van der Waals surface area contributed by atoms with E-state index in [1.807, 2.05) is 6.92 Å². The molecule has 0 aliphatic rings. The Hall–Kier alpha value is -2.34. The van der Waals surface area contributed by atoms with Crippen LogP contribution >= 0.6 is 0 Å². The van der Waals surface area contributed by atoms with E-state index in [2.05, 4.69) is 0 Å². The number of ketones is 1. The smallest absolute Gasteiger partial charge is 0.339 e. The summed E-state index contributed by atoms with van der Waals surface area (Å²) in [6, 6.07) is 10.6. The molecule has 0 aliphatic carbocycles. The fourth-order valence-corrected chi connectivity index (χ4v) is 2.84. The number of hydrogen-bond acceptors (Lipinski definition) is 5. The Bertz CT molecular complexity index is 795. The molecule has 0 fully saturated rings. The van der Waals surface area contributed by atoms with Gasteiger partial charge in [0.25, 0.3) is 0 Å². The highest BCUT2D eigenvalue weighted by Gasteiger charge is 2.17. The van der Waals surface area contributed by atoms with Gasteiger partial charge in [0.15, 0.2) is 5.78 Å². The van der Waals surface area contributed by atoms with E-state index in [-0.39, 0.29) is 22.1 Å². The highest BCUT2D eigenvalue weighted by atomic mass is 32.2. The summed E-state index contributed by atoms with van der Waals surface area (Å²) in [5.74, 6) is -0.0313. The first-order valence-electron chi connectivity index (χ1n) is 6.77. The van der Waals surface area contributed by atoms with Crippen LogP contribution in [0.25, 0.3) is 0 Å². The predicted molar refractivity (Wildman–Crippen MR) is 84.5 cm³/mol. The third-order valence-electron chi connectivity index (χ3n) is 3.16. The van der Waals surface area contributed by atoms with Crippen molar-refractivity contribution in [2.75, 3.05) is 5.73 Å². The molecular formula is C16H17NO4S. The maximum atomic E-state index is 12.2. The zero-order valence-corrected chi connectivity index (χ0v) is 13.2. The van der Waals surface area contributed by atoms with Gasteiger partial charge in [0.05, 0.1) is 0 Å². The zero-order valence-electron chi connectivity index (χ0n) is 12.4. The molecule has 5 nitrogen and oxygen atoms in total. The van der Waals surface area contributed by atoms with Crippen molar-refractivity contribution in [3.05, 3.63) is 53.6 Å². The van der Waals surface area contributed by atoms with Crippen LogP contribution in [0, 0.1) is 6.92 Å². The standard InChI is InChI=1S/C16H17NO4S/c1-3-16(18)14-9-6-12(10-15(14)17)21-22(19,20)13-7-4-11(2)5-8-13/h4-10H,3,17H2,1-2H3. The molecule has 6 heteroatoms. The van der Waals surface area contributed by atoms with Gasteiger partial charge in [-0.3, -0.25) is 4.79 Å². The molecule has 0 spiro atoms. The SMILES string of the molecule is CCC(=O)c1ccc(OS(=O)(=O)c2ccc(C)cc2)cc1N. The quantitative estimate of drug-likeness (QED) is 0.520. The van der Waals surface area contributed by atoms with Crippen LogP contribution in [0.1, 0.15) is 29.3 Å². The largest absolute Gasteiger partial charge is 0.398 e. The molecule has 2 N–H and O–H groups in total. The summed E-state index contributed by atoms with van der Waals surface area (Å²) in [5.41, 5.74) is 7.29. The first-order valence-corrected chi connectivity index (χ1v) is 8.18. The lowest BCUT2D eigenvalue weighted by Gasteiger charge is -2.09. The Morgan fingerprint density at radius 3 is 2.32 bits per heavy atom. The number of carbonyl (C=O) groups is 1. The number of anilines is 1. The fraction of sp³-hybridized carbons (Fsp3) is 0.188. The molecule has 0 unspecified atom stereocenters. The topological polar surface area (TPSA) is 86.5 Å². The van der Waals surface area contributed by atoms with Gasteiger partial charge in [0, 0.05) is 23.7 Å². The van der Waals surface area contributed by atoms with Gasteiger partial charge in [-0.25, -0.2) is 0 Å². The van der Waals surface area contributed by atoms with Gasteiger partial charge in [-0.15, -0.1) is 0 Å². The van der Waals surface area contributed by atoms with Gasteiger partial charge in [-0.05, 0) is 31.2 Å². The first-order chi connectivity index (χ1) is 10.3. The van der Waals surface area contributed by atoms with Crippen LogP contribution < -0.4 is 9.92 Å². The average Bonchev–Trinajstić information content (AvgIpc) is 2.46. The third kappa shape index (κ3) is 3.46. The van der Waals surface area contributed by atoms with E-state index in [1.165, 1.54) is 30.3 Å². The van der Waals surface area contributed by atoms with Gasteiger partial charge in [0.1, 0.15) is 10.6 Å². The summed E-state index contributed by atoms with van der Waals surface area (Å²) < 4.78 is 29.4. The fourth-order valence-electron chi connectivity index (χ4n) is 1.92. The molecule has 22 heavy (non-hydrogen) atoms. The van der Waals surface area contributed by atoms with Crippen molar-refractivity contribution in [2.45, 2.75) is 25.2 Å². The minimum Gasteiger partial charge on any atom is -0.398 e. The summed E-state index contributed by atoms with van der Waals surface area (Å²) in [4.78, 5) is 11.7. The summed E-state index contributed by atoms with van der Waals surface area (Å²) >= 11 is 0. The molecular weight excluding hydrogens is 302 g/mol. The Morgan fingerprint density at radius 1 is 1.14 bits per heavy atom. The van der Waals surface area contributed by atoms with Crippen LogP contribution in [-0.2, 0) is 10.1 Å². The second-order valence-corrected chi connectivity index (χ2v) is 6.42. The van der Waals surface area contributed by atoms with Crippen molar-refractivity contribution in [1.29, 1.82) is 0 Å². The molecule has 2 rings (SSSR count). The van der Waals surface area contributed by atoms with Crippen molar-refractivity contribution < 1.29 is 17.4 Å². The number of Topliss-reactive ketones (excluding diaryl/α,β-unsaturated/α-hetero) is 1. The minimum absolute atomic E-state index is 0.0605. The van der Waals surface area contributed by atoms with Crippen LogP contribution in [0.3, 0.4) is 0 Å². The summed E-state index contributed by atoms with van der Waals surface area (Å²) in [6.45, 7) is 3.59. The second kappa shape index (κ2) is 6.19. The van der Waals surface area contributed by atoms with Crippen LogP contribution in [0.5, 0.6) is 5.75 Å². The number of rotatable bonds is 5. The molecule has 116 valence electrons. The molecule has 2 aromatic rings. The van der Waals surface area contributed by atoms with Gasteiger partial charge >= 0.3 is 10.1 Å². The number of benzene rings is 2. The molecule has 0 amide bonds. The summed E-state index contributed by atoms with van der Waals surface area (Å²) in [5, 5.41) is 0. The van der Waals surface area contributed by atoms with E-state index in [9.17, 15) is 13.2 Å². The van der Waals surface area contributed by atoms with E-state index in [0.717, 1.165) is 5.56 Å². The van der Waals surface area contributed by atoms with Gasteiger partial charge < -0.3 is 9.92 Å². The van der Waals surface area contributed by atoms with Crippen LogP contribution in [-0.4, -0.2) is 14.2 Å². The van der Waals surface area contributed by atoms with E-state index in [1.54, 1.807) is 19.1 Å². The lowest BCUT2D eigenvalue weighted by molar-refractivity contribution is 0.0989. The van der Waals surface area contributed by atoms with Crippen molar-refractivity contribution in [1.82, 2.24) is 0 Å². The van der Waals surface area contributed by atoms with Crippen molar-refractivity contribution >= 4 is 21.6 Å². The third-order valence-corrected chi connectivity index (χ3v) is 4.42. The molecule has 0 saturated carbocycles. The van der Waals surface area contributed by atoms with Crippen LogP contribution in [0.4, 0.5) is 5.69 Å². The van der Waals surface area contributed by atoms with Crippen molar-refractivity contribution in [3.63, 3.8) is 0 Å². The number of nitrogens with two attached hydrogens (primary N) is 1. The number of aryl methyl sites for hydroxylation is 1. The van der Waals surface area contributed by atoms with E-state index >= 15 is 0 Å². The molecule has 0 radical (unpaired) electrons. The maximum Gasteiger partial charge on any atom is 0.339 e. The lowest BCUT2D eigenvalue weighted by atomic mass is 10.1. The number of carbonyl (C=O) groups excluding carboxylic acids is 1. The highest BCUT2D eigenvalue weighted by Crippen LogP contribution is 2.24. The molecule has 0 heterocycles. The van der Waals surface area contributed by atoms with Gasteiger partial charge in [-0.2, -0.15) is 8.42 Å². The van der Waals surface area contributed by atoms with E-state index in [4.69, 9.17) is 9.92 Å². The maximum absolute atomic E-state index is 12.2. The molecule has 0 atom stereocenters. The monoisotopic (exact) mass is 319 g/mol. The van der Waals surface area contributed by atoms with E-state index < -0.39 is 10.1 Å². The Balaban J connectivity index is 2.28. The zero-order chi connectivity index (χ0) is 16.3. The molecule has 0 bridgehead atoms. The Kier molecular flexibility index (Phi) is 4.51. The van der Waals surface area contributed by atoms with Gasteiger partial charge in [0.2, 0.25) is 0 Å². The molecule has 0 saturated heterocycles.